The van der Waals surface area contributed by atoms with Crippen LogP contribution in [0, 0.1) is 12.8 Å². The van der Waals surface area contributed by atoms with Crippen LogP contribution in [-0.2, 0) is 4.79 Å². The number of anilines is 1. The Morgan fingerprint density at radius 1 is 1.08 bits per heavy atom. The molecule has 144 valence electrons. The van der Waals surface area contributed by atoms with Crippen molar-refractivity contribution in [2.75, 3.05) is 57.3 Å². The molecular weight excluding hydrogens is 346 g/mol. The molecule has 0 bridgehead atoms. The molecule has 4 nitrogen and oxygen atoms in total. The maximum absolute atomic E-state index is 11.2. The molecule has 3 rings (SSSR count). The predicted octanol–water partition coefficient (Wildman–Crippen LogP) is 3.46. The average molecular weight is 378 g/mol. The van der Waals surface area contributed by atoms with Crippen molar-refractivity contribution in [3.05, 3.63) is 28.8 Å². The maximum Gasteiger partial charge on any atom is 0.143 e. The summed E-state index contributed by atoms with van der Waals surface area (Å²) in [5, 5.41) is 0.823. The molecule has 0 amide bonds. The van der Waals surface area contributed by atoms with E-state index >= 15 is 0 Å². The summed E-state index contributed by atoms with van der Waals surface area (Å²) in [7, 11) is 0. The molecule has 0 spiro atoms. The van der Waals surface area contributed by atoms with Crippen molar-refractivity contribution in [1.82, 2.24) is 9.80 Å². The normalized spacial score (nSPS) is 20.5. The highest BCUT2D eigenvalue weighted by molar-refractivity contribution is 6.30. The minimum Gasteiger partial charge on any atom is -0.369 e. The SMILES string of the molecule is CC(=O)CN1CCC(CCN2CCN(c3cc(Cl)ccc3C)CC2)CC1. The summed E-state index contributed by atoms with van der Waals surface area (Å²) in [6.07, 6.45) is 3.79. The maximum atomic E-state index is 11.2. The molecule has 5 heteroatoms. The van der Waals surface area contributed by atoms with E-state index in [4.69, 9.17) is 11.6 Å². The number of rotatable bonds is 6. The Morgan fingerprint density at radius 2 is 1.77 bits per heavy atom. The van der Waals surface area contributed by atoms with Crippen LogP contribution in [0.1, 0.15) is 31.7 Å². The number of carbonyl (C=O) groups is 1. The van der Waals surface area contributed by atoms with Crippen molar-refractivity contribution >= 4 is 23.1 Å². The van der Waals surface area contributed by atoms with Gasteiger partial charge in [0.25, 0.3) is 0 Å². The Balaban J connectivity index is 1.38. The molecule has 2 heterocycles. The third-order valence-corrected chi connectivity index (χ3v) is 6.13. The van der Waals surface area contributed by atoms with Gasteiger partial charge in [0.15, 0.2) is 0 Å². The first-order valence-corrected chi connectivity index (χ1v) is 10.3. The smallest absolute Gasteiger partial charge is 0.143 e. The number of Topliss-reactive ketones (excluding diaryl/α,β-unsaturated/α-hetero) is 1. The predicted molar refractivity (Wildman–Crippen MR) is 109 cm³/mol. The van der Waals surface area contributed by atoms with Crippen molar-refractivity contribution in [1.29, 1.82) is 0 Å². The second kappa shape index (κ2) is 9.20. The monoisotopic (exact) mass is 377 g/mol. The molecule has 26 heavy (non-hydrogen) atoms. The van der Waals surface area contributed by atoms with E-state index in [0.29, 0.717) is 6.54 Å². The molecule has 0 atom stereocenters. The number of ketones is 1. The minimum absolute atomic E-state index is 0.288. The molecule has 2 fully saturated rings. The first kappa shape index (κ1) is 19.7. The van der Waals surface area contributed by atoms with Crippen LogP contribution >= 0.6 is 11.6 Å². The third kappa shape index (κ3) is 5.45. The van der Waals surface area contributed by atoms with Crippen LogP contribution in [0.15, 0.2) is 18.2 Å². The largest absolute Gasteiger partial charge is 0.369 e. The van der Waals surface area contributed by atoms with E-state index in [2.05, 4.69) is 33.8 Å². The fourth-order valence-corrected chi connectivity index (χ4v) is 4.42. The minimum atomic E-state index is 0.288. The van der Waals surface area contributed by atoms with E-state index in [9.17, 15) is 4.79 Å². The van der Waals surface area contributed by atoms with Crippen molar-refractivity contribution < 1.29 is 4.79 Å². The first-order chi connectivity index (χ1) is 12.5. The summed E-state index contributed by atoms with van der Waals surface area (Å²) in [5.41, 5.74) is 2.59. The summed E-state index contributed by atoms with van der Waals surface area (Å²) in [4.78, 5) is 18.6. The number of benzene rings is 1. The Bertz CT molecular complexity index is 605. The zero-order valence-electron chi connectivity index (χ0n) is 16.2. The van der Waals surface area contributed by atoms with Crippen LogP contribution in [0.25, 0.3) is 0 Å². The molecule has 0 radical (unpaired) electrons. The van der Waals surface area contributed by atoms with E-state index < -0.39 is 0 Å². The van der Waals surface area contributed by atoms with Crippen LogP contribution in [0.4, 0.5) is 5.69 Å². The number of carbonyl (C=O) groups excluding carboxylic acids is 1. The molecular formula is C21H32ClN3O. The number of piperidine rings is 1. The summed E-state index contributed by atoms with van der Waals surface area (Å²) in [6, 6.07) is 6.18. The van der Waals surface area contributed by atoms with Crippen molar-refractivity contribution in [2.45, 2.75) is 33.1 Å². The lowest BCUT2D eigenvalue weighted by Crippen LogP contribution is -2.47. The lowest BCUT2D eigenvalue weighted by molar-refractivity contribution is -0.118. The molecule has 0 N–H and O–H groups in total. The molecule has 0 unspecified atom stereocenters. The number of piperazine rings is 1. The van der Waals surface area contributed by atoms with Crippen molar-refractivity contribution in [3.8, 4) is 0 Å². The highest BCUT2D eigenvalue weighted by Crippen LogP contribution is 2.26. The Labute approximate surface area is 163 Å². The van der Waals surface area contributed by atoms with Gasteiger partial charge in [0, 0.05) is 36.9 Å². The fraction of sp³-hybridized carbons (Fsp3) is 0.667. The van der Waals surface area contributed by atoms with Gasteiger partial charge < -0.3 is 4.90 Å². The summed E-state index contributed by atoms with van der Waals surface area (Å²) >= 11 is 6.18. The van der Waals surface area contributed by atoms with E-state index in [0.717, 1.165) is 50.2 Å². The molecule has 2 aliphatic heterocycles. The van der Waals surface area contributed by atoms with Gasteiger partial charge >= 0.3 is 0 Å². The van der Waals surface area contributed by atoms with Crippen LogP contribution < -0.4 is 4.90 Å². The van der Waals surface area contributed by atoms with Crippen LogP contribution in [0.5, 0.6) is 0 Å². The van der Waals surface area contributed by atoms with Gasteiger partial charge in [-0.2, -0.15) is 0 Å². The topological polar surface area (TPSA) is 26.8 Å². The highest BCUT2D eigenvalue weighted by atomic mass is 35.5. The standard InChI is InChI=1S/C21H32ClN3O/c1-17-3-4-20(22)15-21(17)25-13-11-23(12-14-25)8-5-19-6-9-24(10-7-19)16-18(2)26/h3-4,15,19H,5-14,16H2,1-2H3. The van der Waals surface area contributed by atoms with E-state index in [-0.39, 0.29) is 5.78 Å². The molecule has 0 saturated carbocycles. The Morgan fingerprint density at radius 3 is 2.42 bits per heavy atom. The third-order valence-electron chi connectivity index (χ3n) is 5.89. The molecule has 2 saturated heterocycles. The van der Waals surface area contributed by atoms with E-state index in [1.807, 2.05) is 6.07 Å². The van der Waals surface area contributed by atoms with Crippen molar-refractivity contribution in [2.24, 2.45) is 5.92 Å². The van der Waals surface area contributed by atoms with E-state index in [1.54, 1.807) is 6.92 Å². The molecule has 0 aromatic heterocycles. The summed E-state index contributed by atoms with van der Waals surface area (Å²) in [5.74, 6) is 1.11. The van der Waals surface area contributed by atoms with Crippen LogP contribution in [0.2, 0.25) is 5.02 Å². The fourth-order valence-electron chi connectivity index (χ4n) is 4.25. The number of hydrogen-bond acceptors (Lipinski definition) is 4. The summed E-state index contributed by atoms with van der Waals surface area (Å²) in [6.45, 7) is 12.3. The number of hydrogen-bond donors (Lipinski definition) is 0. The van der Waals surface area contributed by atoms with Gasteiger partial charge in [-0.05, 0) is 76.4 Å². The van der Waals surface area contributed by atoms with Gasteiger partial charge in [-0.1, -0.05) is 17.7 Å². The Hall–Kier alpha value is -1.10. The van der Waals surface area contributed by atoms with Crippen LogP contribution in [-0.4, -0.2) is 67.9 Å². The van der Waals surface area contributed by atoms with Gasteiger partial charge in [0.05, 0.1) is 6.54 Å². The quantitative estimate of drug-likeness (QED) is 0.758. The second-order valence-corrected chi connectivity index (χ2v) is 8.41. The second-order valence-electron chi connectivity index (χ2n) is 7.97. The van der Waals surface area contributed by atoms with Gasteiger partial charge in [-0.15, -0.1) is 0 Å². The summed E-state index contributed by atoms with van der Waals surface area (Å²) < 4.78 is 0. The highest BCUT2D eigenvalue weighted by Gasteiger charge is 2.22. The molecule has 1 aromatic rings. The number of likely N-dealkylation sites (tertiary alicyclic amines) is 1. The molecule has 2 aliphatic rings. The van der Waals surface area contributed by atoms with Gasteiger partial charge in [0.1, 0.15) is 5.78 Å². The van der Waals surface area contributed by atoms with Crippen LogP contribution in [0.3, 0.4) is 0 Å². The lowest BCUT2D eigenvalue weighted by atomic mass is 9.93. The van der Waals surface area contributed by atoms with Gasteiger partial charge in [0.2, 0.25) is 0 Å². The molecule has 0 aliphatic carbocycles. The average Bonchev–Trinajstić information content (AvgIpc) is 2.63. The zero-order valence-corrected chi connectivity index (χ0v) is 17.0. The van der Waals surface area contributed by atoms with Gasteiger partial charge in [-0.3, -0.25) is 14.6 Å². The first-order valence-electron chi connectivity index (χ1n) is 9.96. The number of aryl methyl sites for hydroxylation is 1. The van der Waals surface area contributed by atoms with Gasteiger partial charge in [-0.25, -0.2) is 0 Å². The lowest BCUT2D eigenvalue weighted by Gasteiger charge is -2.38. The van der Waals surface area contributed by atoms with Crippen molar-refractivity contribution in [3.63, 3.8) is 0 Å². The van der Waals surface area contributed by atoms with E-state index in [1.165, 1.54) is 37.1 Å². The number of halogens is 1. The zero-order chi connectivity index (χ0) is 18.5. The number of nitrogens with zero attached hydrogens (tertiary/aromatic N) is 3. The Kier molecular flexibility index (Phi) is 6.96. The molecule has 1 aromatic carbocycles.